The second kappa shape index (κ2) is 6.41. The van der Waals surface area contributed by atoms with Crippen LogP contribution in [0.2, 0.25) is 0 Å². The summed E-state index contributed by atoms with van der Waals surface area (Å²) in [5, 5.41) is 8.29. The Bertz CT molecular complexity index is 512. The highest BCUT2D eigenvalue weighted by molar-refractivity contribution is 7.91. The molecule has 4 nitrogen and oxygen atoms in total. The Hall–Kier alpha value is -1.54. The third kappa shape index (κ3) is 4.38. The SMILES string of the molecule is CC(C)S(=O)(=O)CCCOc1ccc(C#N)cc1. The third-order valence-electron chi connectivity index (χ3n) is 2.54. The maximum absolute atomic E-state index is 11.5. The number of benzene rings is 1. The Kier molecular flexibility index (Phi) is 5.17. The summed E-state index contributed by atoms with van der Waals surface area (Å²) in [6.07, 6.45) is 0.473. The molecule has 0 heterocycles. The van der Waals surface area contributed by atoms with Crippen LogP contribution in [0, 0.1) is 11.3 Å². The second-order valence-corrected chi connectivity index (χ2v) is 6.93. The van der Waals surface area contributed by atoms with Crippen molar-refractivity contribution in [3.05, 3.63) is 29.8 Å². The normalized spacial score (nSPS) is 11.2. The predicted octanol–water partition coefficient (Wildman–Crippen LogP) is 2.15. The molecule has 1 rings (SSSR count). The lowest BCUT2D eigenvalue weighted by atomic mass is 10.2. The molecule has 0 amide bonds. The van der Waals surface area contributed by atoms with Gasteiger partial charge in [-0.05, 0) is 44.5 Å². The van der Waals surface area contributed by atoms with E-state index in [2.05, 4.69) is 0 Å². The lowest BCUT2D eigenvalue weighted by Gasteiger charge is -2.08. The van der Waals surface area contributed by atoms with Gasteiger partial charge in [-0.15, -0.1) is 0 Å². The van der Waals surface area contributed by atoms with Crippen LogP contribution >= 0.6 is 0 Å². The highest BCUT2D eigenvalue weighted by atomic mass is 32.2. The zero-order valence-electron chi connectivity index (χ0n) is 10.6. The van der Waals surface area contributed by atoms with Crippen molar-refractivity contribution in [1.29, 1.82) is 5.26 Å². The molecule has 0 N–H and O–H groups in total. The summed E-state index contributed by atoms with van der Waals surface area (Å²) < 4.78 is 28.5. The molecule has 0 unspecified atom stereocenters. The fourth-order valence-electron chi connectivity index (χ4n) is 1.31. The lowest BCUT2D eigenvalue weighted by Crippen LogP contribution is -2.19. The molecule has 98 valence electrons. The van der Waals surface area contributed by atoms with Gasteiger partial charge in [0, 0.05) is 0 Å². The summed E-state index contributed by atoms with van der Waals surface area (Å²) in [5.41, 5.74) is 0.574. The zero-order chi connectivity index (χ0) is 13.6. The molecule has 0 spiro atoms. The van der Waals surface area contributed by atoms with Gasteiger partial charge in [0.2, 0.25) is 0 Å². The monoisotopic (exact) mass is 267 g/mol. The van der Waals surface area contributed by atoms with Crippen molar-refractivity contribution in [2.24, 2.45) is 0 Å². The molecule has 0 aromatic heterocycles. The first-order chi connectivity index (χ1) is 8.45. The highest BCUT2D eigenvalue weighted by Gasteiger charge is 2.15. The molecule has 0 radical (unpaired) electrons. The lowest BCUT2D eigenvalue weighted by molar-refractivity contribution is 0.317. The Morgan fingerprint density at radius 3 is 2.39 bits per heavy atom. The van der Waals surface area contributed by atoms with E-state index >= 15 is 0 Å². The molecule has 1 aromatic rings. The van der Waals surface area contributed by atoms with E-state index in [0.29, 0.717) is 24.3 Å². The van der Waals surface area contributed by atoms with Gasteiger partial charge in [0.05, 0.1) is 29.2 Å². The summed E-state index contributed by atoms with van der Waals surface area (Å²) in [6, 6.07) is 8.76. The van der Waals surface area contributed by atoms with Crippen LogP contribution in [0.5, 0.6) is 5.75 Å². The van der Waals surface area contributed by atoms with Gasteiger partial charge >= 0.3 is 0 Å². The van der Waals surface area contributed by atoms with E-state index in [1.165, 1.54) is 0 Å². The molecule has 0 atom stereocenters. The van der Waals surface area contributed by atoms with Gasteiger partial charge < -0.3 is 4.74 Å². The van der Waals surface area contributed by atoms with E-state index in [4.69, 9.17) is 10.00 Å². The number of rotatable bonds is 6. The van der Waals surface area contributed by atoms with Crippen molar-refractivity contribution >= 4 is 9.84 Å². The molecule has 0 aliphatic heterocycles. The molecule has 5 heteroatoms. The number of hydrogen-bond donors (Lipinski definition) is 0. The molecule has 1 aromatic carbocycles. The zero-order valence-corrected chi connectivity index (χ0v) is 11.4. The fraction of sp³-hybridized carbons (Fsp3) is 0.462. The van der Waals surface area contributed by atoms with Gasteiger partial charge in [-0.3, -0.25) is 0 Å². The summed E-state index contributed by atoms with van der Waals surface area (Å²) >= 11 is 0. The fourth-order valence-corrected chi connectivity index (χ4v) is 2.30. The van der Waals surface area contributed by atoms with Gasteiger partial charge in [0.25, 0.3) is 0 Å². The van der Waals surface area contributed by atoms with E-state index in [9.17, 15) is 8.42 Å². The maximum Gasteiger partial charge on any atom is 0.152 e. The molecular weight excluding hydrogens is 250 g/mol. The summed E-state index contributed by atoms with van der Waals surface area (Å²) in [5.74, 6) is 0.789. The van der Waals surface area contributed by atoms with Gasteiger partial charge in [0.1, 0.15) is 5.75 Å². The van der Waals surface area contributed by atoms with E-state index in [0.717, 1.165) is 0 Å². The first-order valence-corrected chi connectivity index (χ1v) is 7.52. The number of hydrogen-bond acceptors (Lipinski definition) is 4. The number of nitriles is 1. The van der Waals surface area contributed by atoms with Crippen LogP contribution in [0.1, 0.15) is 25.8 Å². The standard InChI is InChI=1S/C13H17NO3S/c1-11(2)18(15,16)9-3-8-17-13-6-4-12(10-14)5-7-13/h4-7,11H,3,8-9H2,1-2H3. The minimum absolute atomic E-state index is 0.140. The van der Waals surface area contributed by atoms with Crippen LogP contribution in [-0.4, -0.2) is 26.0 Å². The second-order valence-electron chi connectivity index (χ2n) is 4.25. The molecule has 18 heavy (non-hydrogen) atoms. The topological polar surface area (TPSA) is 67.2 Å². The van der Waals surface area contributed by atoms with Crippen LogP contribution in [0.3, 0.4) is 0 Å². The van der Waals surface area contributed by atoms with Gasteiger partial charge in [-0.25, -0.2) is 8.42 Å². The summed E-state index contributed by atoms with van der Waals surface area (Å²) in [7, 11) is -2.99. The van der Waals surface area contributed by atoms with Crippen molar-refractivity contribution in [2.45, 2.75) is 25.5 Å². The van der Waals surface area contributed by atoms with Crippen molar-refractivity contribution in [3.63, 3.8) is 0 Å². The molecule has 0 aliphatic carbocycles. The summed E-state index contributed by atoms with van der Waals surface area (Å²) in [6.45, 7) is 3.71. The number of nitrogens with zero attached hydrogens (tertiary/aromatic N) is 1. The van der Waals surface area contributed by atoms with Crippen LogP contribution in [0.15, 0.2) is 24.3 Å². The molecule has 0 aliphatic rings. The molecule has 0 fully saturated rings. The smallest absolute Gasteiger partial charge is 0.152 e. The van der Waals surface area contributed by atoms with Crippen LogP contribution in [-0.2, 0) is 9.84 Å². The Morgan fingerprint density at radius 1 is 1.28 bits per heavy atom. The minimum Gasteiger partial charge on any atom is -0.494 e. The quantitative estimate of drug-likeness (QED) is 0.741. The van der Waals surface area contributed by atoms with Crippen molar-refractivity contribution in [2.75, 3.05) is 12.4 Å². The van der Waals surface area contributed by atoms with Crippen molar-refractivity contribution in [3.8, 4) is 11.8 Å². The molecule has 0 saturated heterocycles. The highest BCUT2D eigenvalue weighted by Crippen LogP contribution is 2.12. The number of ether oxygens (including phenoxy) is 1. The Morgan fingerprint density at radius 2 is 1.89 bits per heavy atom. The van der Waals surface area contributed by atoms with E-state index in [1.807, 2.05) is 6.07 Å². The number of sulfone groups is 1. The van der Waals surface area contributed by atoms with Crippen molar-refractivity contribution in [1.82, 2.24) is 0 Å². The average Bonchev–Trinajstić information content (AvgIpc) is 2.35. The third-order valence-corrected chi connectivity index (χ3v) is 4.84. The van der Waals surface area contributed by atoms with Crippen LogP contribution < -0.4 is 4.74 Å². The largest absolute Gasteiger partial charge is 0.494 e. The van der Waals surface area contributed by atoms with Gasteiger partial charge in [-0.2, -0.15) is 5.26 Å². The maximum atomic E-state index is 11.5. The first-order valence-electron chi connectivity index (χ1n) is 5.80. The van der Waals surface area contributed by atoms with E-state index in [-0.39, 0.29) is 11.0 Å². The van der Waals surface area contributed by atoms with E-state index < -0.39 is 9.84 Å². The Labute approximate surface area is 108 Å². The summed E-state index contributed by atoms with van der Waals surface area (Å²) in [4.78, 5) is 0. The molecular formula is C13H17NO3S. The molecule has 0 bridgehead atoms. The first kappa shape index (κ1) is 14.5. The van der Waals surface area contributed by atoms with Crippen LogP contribution in [0.25, 0.3) is 0 Å². The van der Waals surface area contributed by atoms with Crippen molar-refractivity contribution < 1.29 is 13.2 Å². The van der Waals surface area contributed by atoms with Gasteiger partial charge in [-0.1, -0.05) is 0 Å². The van der Waals surface area contributed by atoms with Crippen LogP contribution in [0.4, 0.5) is 0 Å². The minimum atomic E-state index is -2.99. The van der Waals surface area contributed by atoms with E-state index in [1.54, 1.807) is 38.1 Å². The Balaban J connectivity index is 2.36. The van der Waals surface area contributed by atoms with Gasteiger partial charge in [0.15, 0.2) is 9.84 Å². The predicted molar refractivity (Wildman–Crippen MR) is 70.2 cm³/mol. The molecule has 0 saturated carbocycles. The average molecular weight is 267 g/mol.